The van der Waals surface area contributed by atoms with Crippen molar-refractivity contribution in [3.63, 3.8) is 0 Å². The molecule has 1 aliphatic rings. The average Bonchev–Trinajstić information content (AvgIpc) is 3.21. The summed E-state index contributed by atoms with van der Waals surface area (Å²) >= 11 is 0. The summed E-state index contributed by atoms with van der Waals surface area (Å²) in [6, 6.07) is 32.3. The highest BCUT2D eigenvalue weighted by Crippen LogP contribution is 2.45. The summed E-state index contributed by atoms with van der Waals surface area (Å²) in [6.45, 7) is 0. The van der Waals surface area contributed by atoms with Crippen LogP contribution in [-0.2, 0) is 6.42 Å². The van der Waals surface area contributed by atoms with Crippen LogP contribution >= 0.6 is 8.16 Å². The van der Waals surface area contributed by atoms with Gasteiger partial charge in [-0.05, 0) is 63.2 Å². The van der Waals surface area contributed by atoms with Crippen molar-refractivity contribution in [1.29, 1.82) is 0 Å². The summed E-state index contributed by atoms with van der Waals surface area (Å²) in [6.07, 6.45) is 2.21. The van der Waals surface area contributed by atoms with Gasteiger partial charge in [0, 0.05) is 16.7 Å². The Bertz CT molecular complexity index is 1750. The third-order valence-electron chi connectivity index (χ3n) is 7.07. The van der Waals surface area contributed by atoms with Crippen LogP contribution in [0.15, 0.2) is 99.4 Å². The highest BCUT2D eigenvalue weighted by molar-refractivity contribution is 7.36. The maximum atomic E-state index is 6.35. The highest BCUT2D eigenvalue weighted by Gasteiger charge is 2.26. The van der Waals surface area contributed by atoms with Crippen LogP contribution in [0.2, 0.25) is 0 Å². The minimum Gasteiger partial charge on any atom is -0.408 e. The Morgan fingerprint density at radius 1 is 0.667 bits per heavy atom. The molecular weight excluding hydrogens is 425 g/mol. The van der Waals surface area contributed by atoms with Crippen molar-refractivity contribution in [2.45, 2.75) is 18.8 Å². The van der Waals surface area contributed by atoms with Crippen LogP contribution in [0.3, 0.4) is 0 Å². The monoisotopic (exact) mass is 447 g/mol. The van der Waals surface area contributed by atoms with Gasteiger partial charge in [-0.2, -0.15) is 0 Å². The molecule has 0 amide bonds. The van der Waals surface area contributed by atoms with Crippen molar-refractivity contribution in [2.24, 2.45) is 0 Å². The first-order valence-corrected chi connectivity index (χ1v) is 12.6. The number of fused-ring (bicyclic) bond motifs is 8. The van der Waals surface area contributed by atoms with E-state index in [9.17, 15) is 0 Å². The fourth-order valence-electron chi connectivity index (χ4n) is 5.67. The summed E-state index contributed by atoms with van der Waals surface area (Å²) in [5.74, 6) is 0.347. The zero-order valence-electron chi connectivity index (χ0n) is 18.0. The third kappa shape index (κ3) is 2.87. The molecule has 1 unspecified atom stereocenters. The summed E-state index contributed by atoms with van der Waals surface area (Å²) in [5, 5.41) is 6.90. The number of benzene rings is 5. The minimum absolute atomic E-state index is 0.347. The van der Waals surface area contributed by atoms with E-state index in [4.69, 9.17) is 13.9 Å². The molecule has 5 aromatic carbocycles. The maximum absolute atomic E-state index is 6.35. The Labute approximate surface area is 192 Å². The second-order valence-electron chi connectivity index (χ2n) is 8.80. The Morgan fingerprint density at radius 3 is 2.27 bits per heavy atom. The van der Waals surface area contributed by atoms with Crippen LogP contribution in [0.25, 0.3) is 43.5 Å². The highest BCUT2D eigenvalue weighted by atomic mass is 31.1. The van der Waals surface area contributed by atoms with E-state index in [1.807, 2.05) is 6.07 Å². The number of hydrogen-bond donors (Lipinski definition) is 1. The van der Waals surface area contributed by atoms with E-state index in [1.165, 1.54) is 32.8 Å². The lowest BCUT2D eigenvalue weighted by Gasteiger charge is -2.16. The fraction of sp³-hybridized carbons (Fsp3) is 0.103. The predicted octanol–water partition coefficient (Wildman–Crippen LogP) is 8.39. The van der Waals surface area contributed by atoms with Crippen LogP contribution in [0.4, 0.5) is 0 Å². The first kappa shape index (κ1) is 19.0. The molecule has 0 radical (unpaired) electrons. The third-order valence-corrected chi connectivity index (χ3v) is 7.82. The fourth-order valence-corrected chi connectivity index (χ4v) is 6.39. The van der Waals surface area contributed by atoms with Gasteiger partial charge in [-0.25, -0.2) is 5.50 Å². The van der Waals surface area contributed by atoms with Crippen LogP contribution < -0.4 is 5.50 Å². The number of rotatable bonds is 1. The van der Waals surface area contributed by atoms with Crippen molar-refractivity contribution in [3.8, 4) is 0 Å². The van der Waals surface area contributed by atoms with Gasteiger partial charge < -0.3 is 8.39 Å². The largest absolute Gasteiger partial charge is 0.408 e. The molecule has 1 heterocycles. The molecule has 160 valence electrons. The molecule has 4 heteroatoms. The normalized spacial score (nSPS) is 16.0. The molecule has 0 bridgehead atoms. The zero-order valence-corrected chi connectivity index (χ0v) is 18.9. The molecule has 0 saturated carbocycles. The molecule has 2 N–H and O–H groups in total. The van der Waals surface area contributed by atoms with Gasteiger partial charge in [0.25, 0.3) is 0 Å². The van der Waals surface area contributed by atoms with E-state index >= 15 is 0 Å². The summed E-state index contributed by atoms with van der Waals surface area (Å²) in [5.41, 5.74) is 12.1. The molecule has 33 heavy (non-hydrogen) atoms. The molecule has 0 saturated heterocycles. The number of hydrogen-bond acceptors (Lipinski definition) is 3. The standard InChI is InChI=1S/C29H22NO2P/c30-33-31-26-16-14-19-8-2-4-10-21(19)28(26)29-24-12-6-5-11-22(24)25(17-27(29)32-33)23-15-13-18-7-1-3-9-20(18)23/h1-12,14,16-17,23H,13,15,30H2/t23-,33?/m0/s1. The molecule has 0 aliphatic heterocycles. The van der Waals surface area contributed by atoms with Gasteiger partial charge >= 0.3 is 8.16 Å². The van der Waals surface area contributed by atoms with Gasteiger partial charge in [-0.1, -0.05) is 78.9 Å². The first-order valence-electron chi connectivity index (χ1n) is 11.3. The van der Waals surface area contributed by atoms with Crippen molar-refractivity contribution in [2.75, 3.05) is 5.50 Å². The SMILES string of the molecule is Np1oc2ccc3ccccc3c2c2c(cc([C@H]3CCc4ccccc43)c3ccccc32)o1. The Morgan fingerprint density at radius 2 is 1.36 bits per heavy atom. The molecule has 1 aromatic heterocycles. The molecule has 6 aromatic rings. The van der Waals surface area contributed by atoms with E-state index in [0.717, 1.165) is 40.2 Å². The van der Waals surface area contributed by atoms with Crippen LogP contribution in [0.5, 0.6) is 0 Å². The molecule has 1 aliphatic carbocycles. The van der Waals surface area contributed by atoms with Crippen molar-refractivity contribution < 1.29 is 8.39 Å². The molecule has 3 nitrogen and oxygen atoms in total. The number of aryl methyl sites for hydroxylation is 1. The summed E-state index contributed by atoms with van der Waals surface area (Å²) < 4.78 is 12.4. The summed E-state index contributed by atoms with van der Waals surface area (Å²) in [7, 11) is -1.58. The quantitative estimate of drug-likeness (QED) is 0.275. The van der Waals surface area contributed by atoms with Gasteiger partial charge in [-0.3, -0.25) is 0 Å². The smallest absolute Gasteiger partial charge is 0.303 e. The van der Waals surface area contributed by atoms with E-state index in [2.05, 4.69) is 84.9 Å². The lowest BCUT2D eigenvalue weighted by Crippen LogP contribution is -1.98. The Hall–Kier alpha value is -3.52. The lowest BCUT2D eigenvalue weighted by molar-refractivity contribution is 0.647. The van der Waals surface area contributed by atoms with Gasteiger partial charge in [0.05, 0.1) is 0 Å². The lowest BCUT2D eigenvalue weighted by atomic mass is 9.87. The second kappa shape index (κ2) is 7.25. The minimum atomic E-state index is -1.58. The van der Waals surface area contributed by atoms with E-state index in [1.54, 1.807) is 0 Å². The molecule has 0 spiro atoms. The second-order valence-corrected chi connectivity index (χ2v) is 9.74. The molecule has 7 rings (SSSR count). The predicted molar refractivity (Wildman–Crippen MR) is 138 cm³/mol. The zero-order chi connectivity index (χ0) is 21.9. The average molecular weight is 447 g/mol. The van der Waals surface area contributed by atoms with Crippen molar-refractivity contribution >= 4 is 51.6 Å². The van der Waals surface area contributed by atoms with Crippen LogP contribution in [0, 0.1) is 0 Å². The van der Waals surface area contributed by atoms with Gasteiger partial charge in [-0.15, -0.1) is 0 Å². The number of nitrogen functional groups attached to an aromatic ring is 1. The Balaban J connectivity index is 1.69. The first-order chi connectivity index (χ1) is 16.3. The van der Waals surface area contributed by atoms with E-state index in [-0.39, 0.29) is 0 Å². The van der Waals surface area contributed by atoms with Gasteiger partial charge in [0.2, 0.25) is 0 Å². The topological polar surface area (TPSA) is 52.3 Å². The van der Waals surface area contributed by atoms with Crippen LogP contribution in [-0.4, -0.2) is 0 Å². The van der Waals surface area contributed by atoms with Gasteiger partial charge in [0.1, 0.15) is 11.2 Å². The maximum Gasteiger partial charge on any atom is 0.303 e. The summed E-state index contributed by atoms with van der Waals surface area (Å²) in [4.78, 5) is 0. The van der Waals surface area contributed by atoms with Crippen molar-refractivity contribution in [1.82, 2.24) is 0 Å². The van der Waals surface area contributed by atoms with Crippen LogP contribution in [0.1, 0.15) is 29.0 Å². The molecular formula is C29H22NO2P. The molecule has 0 fully saturated rings. The van der Waals surface area contributed by atoms with E-state index in [0.29, 0.717) is 5.92 Å². The Kier molecular flexibility index (Phi) is 4.17. The van der Waals surface area contributed by atoms with Gasteiger partial charge in [0.15, 0.2) is 0 Å². The molecule has 2 atom stereocenters. The van der Waals surface area contributed by atoms with E-state index < -0.39 is 8.16 Å². The van der Waals surface area contributed by atoms with Crippen molar-refractivity contribution in [3.05, 3.63) is 108 Å². The number of nitrogens with two attached hydrogens (primary N) is 1.